The van der Waals surface area contributed by atoms with E-state index in [0.717, 1.165) is 4.90 Å². The van der Waals surface area contributed by atoms with Crippen molar-refractivity contribution >= 4 is 63.6 Å². The van der Waals surface area contributed by atoms with Gasteiger partial charge in [0, 0.05) is 16.7 Å². The quantitative estimate of drug-likeness (QED) is 0.0863. The summed E-state index contributed by atoms with van der Waals surface area (Å²) in [6.45, 7) is 5.74. The van der Waals surface area contributed by atoms with E-state index in [-0.39, 0.29) is 29.2 Å². The number of β-lactam (4-membered cyclic amide) rings is 1. The number of nitrogen functional groups attached to an aromatic ring is 1. The predicted molar refractivity (Wildman–Crippen MR) is 149 cm³/mol. The van der Waals surface area contributed by atoms with E-state index >= 15 is 0 Å². The summed E-state index contributed by atoms with van der Waals surface area (Å²) in [6, 6.07) is -0.941. The number of thioether (sulfide) groups is 1. The number of rotatable bonds is 9. The highest BCUT2D eigenvalue weighted by molar-refractivity contribution is 8.00. The summed E-state index contributed by atoms with van der Waals surface area (Å²) in [6.07, 6.45) is 1.17. The van der Waals surface area contributed by atoms with E-state index < -0.39 is 58.6 Å². The molecule has 2 aliphatic heterocycles. The standard InChI is InChI=1S/C23H29N5O8S2.NO3/c1-5-6-12(13-9-38-21(24)26-13)16(29)27-14-17(30)28-15(11(7-34-22(25)33)8-37-18(14)28)19(31)35-10-36-20(32)23(2,3)4;2-1(3)4/h6,9,14,18H,5,7-8,10H2,1-4H3,(H2,24,26)(H2,25,33)(H,27,29);/q;-1/b12-6+;. The molecular weight excluding hydrogens is 600 g/mol. The molecule has 0 saturated carbocycles. The van der Waals surface area contributed by atoms with Gasteiger partial charge in [-0.2, -0.15) is 0 Å². The Labute approximate surface area is 247 Å². The van der Waals surface area contributed by atoms with E-state index in [0.29, 0.717) is 17.2 Å². The Hall–Kier alpha value is -4.39. The summed E-state index contributed by atoms with van der Waals surface area (Å²) in [5.41, 5.74) is 10.7. The number of ether oxygens (including phenoxy) is 3. The monoisotopic (exact) mass is 629 g/mol. The summed E-state index contributed by atoms with van der Waals surface area (Å²) in [5.74, 6) is -2.45. The number of anilines is 1. The van der Waals surface area contributed by atoms with Crippen molar-refractivity contribution in [2.75, 3.05) is 24.9 Å². The number of carbonyl (C=O) groups is 5. The lowest BCUT2D eigenvalue weighted by atomic mass is 9.98. The number of hydrogen-bond acceptors (Lipinski definition) is 15. The van der Waals surface area contributed by atoms with E-state index in [9.17, 15) is 24.0 Å². The van der Waals surface area contributed by atoms with Crippen LogP contribution in [0.4, 0.5) is 9.93 Å². The van der Waals surface area contributed by atoms with Gasteiger partial charge >= 0.3 is 18.0 Å². The molecule has 2 aliphatic rings. The molecular formula is C23H29N6O11S2-. The van der Waals surface area contributed by atoms with Gasteiger partial charge in [-0.3, -0.25) is 19.3 Å². The van der Waals surface area contributed by atoms with Crippen molar-refractivity contribution in [2.45, 2.75) is 45.5 Å². The third-order valence-corrected chi connectivity index (χ3v) is 7.37. The van der Waals surface area contributed by atoms with Crippen LogP contribution in [0.1, 0.15) is 39.8 Å². The molecule has 0 aliphatic carbocycles. The molecule has 2 atom stereocenters. The molecule has 19 heteroatoms. The van der Waals surface area contributed by atoms with Crippen molar-refractivity contribution in [3.8, 4) is 0 Å². The first-order chi connectivity index (χ1) is 19.6. The lowest BCUT2D eigenvalue weighted by molar-refractivity contribution is -0.402. The summed E-state index contributed by atoms with van der Waals surface area (Å²) in [7, 11) is 0. The molecule has 2 unspecified atom stereocenters. The number of fused-ring (bicyclic) bond motifs is 1. The van der Waals surface area contributed by atoms with Gasteiger partial charge < -0.3 is 46.3 Å². The fraction of sp³-hybridized carbons (Fsp3) is 0.478. The molecule has 3 rings (SSSR count). The Balaban J connectivity index is 0.00000144. The Bertz CT molecular complexity index is 1300. The smallest absolute Gasteiger partial charge is 0.404 e. The lowest BCUT2D eigenvalue weighted by Crippen LogP contribution is -2.70. The summed E-state index contributed by atoms with van der Waals surface area (Å²) >= 11 is 2.45. The molecule has 3 heterocycles. The first-order valence-corrected chi connectivity index (χ1v) is 14.0. The van der Waals surface area contributed by atoms with Gasteiger partial charge in [0.15, 0.2) is 5.13 Å². The van der Waals surface area contributed by atoms with E-state index in [1.165, 1.54) is 23.1 Å². The Morgan fingerprint density at radius 2 is 1.88 bits per heavy atom. The first kappa shape index (κ1) is 33.8. The maximum Gasteiger partial charge on any atom is 0.404 e. The molecule has 0 spiro atoms. The van der Waals surface area contributed by atoms with Gasteiger partial charge in [0.1, 0.15) is 23.7 Å². The lowest BCUT2D eigenvalue weighted by Gasteiger charge is -2.49. The zero-order valence-electron chi connectivity index (χ0n) is 22.9. The Morgan fingerprint density at radius 3 is 2.40 bits per heavy atom. The number of nitrogens with one attached hydrogen (secondary N) is 1. The predicted octanol–water partition coefficient (Wildman–Crippen LogP) is 1.12. The number of nitrogens with two attached hydrogens (primary N) is 2. The van der Waals surface area contributed by atoms with Crippen molar-refractivity contribution in [1.29, 1.82) is 0 Å². The number of carbonyl (C=O) groups excluding carboxylic acids is 5. The molecule has 1 aromatic rings. The van der Waals surface area contributed by atoms with E-state index in [2.05, 4.69) is 10.3 Å². The first-order valence-electron chi connectivity index (χ1n) is 12.1. The highest BCUT2D eigenvalue weighted by Gasteiger charge is 2.54. The van der Waals surface area contributed by atoms with Crippen LogP contribution in [0.15, 0.2) is 22.7 Å². The number of aromatic nitrogens is 1. The SMILES string of the molecule is CC/C=C(/C(=O)NC1C(=O)N2C(C(=O)OCOC(=O)C(C)(C)C)=C(COC(N)=O)CSC12)c1csc(N)n1.O=[N+]([O-])[O-]. The van der Waals surface area contributed by atoms with Crippen molar-refractivity contribution in [1.82, 2.24) is 15.2 Å². The number of hydrogen-bond donors (Lipinski definition) is 3. The third kappa shape index (κ3) is 8.80. The number of esters is 2. The van der Waals surface area contributed by atoms with Crippen LogP contribution in [-0.2, 0) is 33.4 Å². The van der Waals surface area contributed by atoms with Gasteiger partial charge in [-0.15, -0.1) is 23.1 Å². The van der Waals surface area contributed by atoms with Gasteiger partial charge in [-0.05, 0) is 27.2 Å². The third-order valence-electron chi connectivity index (χ3n) is 5.36. The van der Waals surface area contributed by atoms with E-state index in [4.69, 9.17) is 41.0 Å². The van der Waals surface area contributed by atoms with E-state index in [1.54, 1.807) is 32.2 Å². The molecule has 0 bridgehead atoms. The average molecular weight is 630 g/mol. The van der Waals surface area contributed by atoms with Crippen LogP contribution in [0.25, 0.3) is 5.57 Å². The fourth-order valence-corrected chi connectivity index (χ4v) is 5.40. The molecule has 3 amide bonds. The number of nitrogens with zero attached hydrogens (tertiary/aromatic N) is 3. The highest BCUT2D eigenvalue weighted by Crippen LogP contribution is 2.41. The van der Waals surface area contributed by atoms with Gasteiger partial charge in [-0.25, -0.2) is 14.6 Å². The summed E-state index contributed by atoms with van der Waals surface area (Å²) < 4.78 is 14.9. The van der Waals surface area contributed by atoms with Gasteiger partial charge in [-0.1, -0.05) is 13.0 Å². The maximum atomic E-state index is 13.1. The number of amides is 3. The van der Waals surface area contributed by atoms with Crippen LogP contribution in [0.3, 0.4) is 0 Å². The molecule has 0 aromatic carbocycles. The van der Waals surface area contributed by atoms with E-state index in [1.807, 2.05) is 6.92 Å². The second-order valence-corrected chi connectivity index (χ2v) is 11.5. The zero-order valence-corrected chi connectivity index (χ0v) is 24.6. The van der Waals surface area contributed by atoms with Crippen LogP contribution in [0.5, 0.6) is 0 Å². The van der Waals surface area contributed by atoms with Crippen molar-refractivity contribution in [3.05, 3.63) is 43.7 Å². The Morgan fingerprint density at radius 1 is 1.24 bits per heavy atom. The molecule has 1 aromatic heterocycles. The van der Waals surface area contributed by atoms with Crippen molar-refractivity contribution in [3.63, 3.8) is 0 Å². The fourth-order valence-electron chi connectivity index (χ4n) is 3.51. The minimum Gasteiger partial charge on any atom is -0.445 e. The number of thiazole rings is 1. The van der Waals surface area contributed by atoms with Crippen LogP contribution >= 0.6 is 23.1 Å². The van der Waals surface area contributed by atoms with Gasteiger partial charge in [0.2, 0.25) is 6.79 Å². The van der Waals surface area contributed by atoms with Crippen LogP contribution < -0.4 is 16.8 Å². The van der Waals surface area contributed by atoms with Crippen LogP contribution in [0, 0.1) is 20.7 Å². The van der Waals surface area contributed by atoms with Crippen LogP contribution in [0.2, 0.25) is 0 Å². The highest BCUT2D eigenvalue weighted by atomic mass is 32.2. The molecule has 230 valence electrons. The minimum atomic E-state index is -1.75. The minimum absolute atomic E-state index is 0.158. The topological polar surface area (TPSA) is 259 Å². The molecule has 17 nitrogen and oxygen atoms in total. The number of primary amides is 1. The van der Waals surface area contributed by atoms with Crippen molar-refractivity contribution in [2.24, 2.45) is 11.1 Å². The number of allylic oxidation sites excluding steroid dienone is 1. The summed E-state index contributed by atoms with van der Waals surface area (Å²) in [5, 5.41) is 18.8. The van der Waals surface area contributed by atoms with Gasteiger partial charge in [0.25, 0.3) is 11.8 Å². The molecule has 1 saturated heterocycles. The largest absolute Gasteiger partial charge is 0.445 e. The van der Waals surface area contributed by atoms with Crippen molar-refractivity contribution < 1.29 is 43.3 Å². The second-order valence-electron chi connectivity index (χ2n) is 9.47. The van der Waals surface area contributed by atoms with Crippen LogP contribution in [-0.4, -0.2) is 75.4 Å². The average Bonchev–Trinajstić information content (AvgIpc) is 3.32. The summed E-state index contributed by atoms with van der Waals surface area (Å²) in [4.78, 5) is 75.8. The molecule has 0 radical (unpaired) electrons. The second kappa shape index (κ2) is 14.5. The normalized spacial score (nSPS) is 18.0. The Kier molecular flexibility index (Phi) is 11.7. The molecule has 5 N–H and O–H groups in total. The maximum absolute atomic E-state index is 13.1. The zero-order chi connectivity index (χ0) is 31.8. The molecule has 1 fully saturated rings. The molecule has 42 heavy (non-hydrogen) atoms. The van der Waals surface area contributed by atoms with Gasteiger partial charge in [0.05, 0.1) is 21.8 Å².